The second-order valence-electron chi connectivity index (χ2n) is 4.66. The molecule has 10 nitrogen and oxygen atoms in total. The predicted molar refractivity (Wildman–Crippen MR) is 87.0 cm³/mol. The lowest BCUT2D eigenvalue weighted by Crippen LogP contribution is -2.13. The van der Waals surface area contributed by atoms with Crippen molar-refractivity contribution in [1.29, 1.82) is 0 Å². The summed E-state index contributed by atoms with van der Waals surface area (Å²) in [4.78, 5) is 11.2. The highest BCUT2D eigenvalue weighted by atomic mass is 16.6. The third kappa shape index (κ3) is 3.72. The van der Waals surface area contributed by atoms with E-state index in [1.165, 1.54) is 32.0 Å². The fourth-order valence-electron chi connectivity index (χ4n) is 1.83. The van der Waals surface area contributed by atoms with E-state index in [-0.39, 0.29) is 5.75 Å². The number of nitrogens with zero attached hydrogens (tertiary/aromatic N) is 4. The van der Waals surface area contributed by atoms with E-state index in [1.807, 2.05) is 0 Å². The van der Waals surface area contributed by atoms with E-state index in [0.29, 0.717) is 28.8 Å². The molecule has 1 heterocycles. The molecule has 128 valence electrons. The summed E-state index contributed by atoms with van der Waals surface area (Å²) >= 11 is 0. The first-order valence-electron chi connectivity index (χ1n) is 6.86. The second kappa shape index (κ2) is 7.31. The number of hydrogen-bond acceptors (Lipinski definition) is 9. The van der Waals surface area contributed by atoms with Crippen LogP contribution < -0.4 is 25.5 Å². The summed E-state index contributed by atoms with van der Waals surface area (Å²) in [6, 6.07) is 3.29. The smallest absolute Gasteiger partial charge is 0.308 e. The van der Waals surface area contributed by atoms with Gasteiger partial charge in [0, 0.05) is 12.5 Å². The first-order valence-corrected chi connectivity index (χ1v) is 6.86. The van der Waals surface area contributed by atoms with Crippen LogP contribution in [-0.2, 0) is 4.79 Å². The van der Waals surface area contributed by atoms with Crippen LogP contribution in [0.15, 0.2) is 17.2 Å². The van der Waals surface area contributed by atoms with Crippen molar-refractivity contribution in [1.82, 2.24) is 14.9 Å². The molecule has 1 aromatic carbocycles. The van der Waals surface area contributed by atoms with Crippen LogP contribution in [0.25, 0.3) is 0 Å². The Bertz CT molecular complexity index is 746. The maximum atomic E-state index is 11.2. The van der Waals surface area contributed by atoms with Gasteiger partial charge in [0.15, 0.2) is 17.3 Å². The zero-order valence-electron chi connectivity index (χ0n) is 13.7. The van der Waals surface area contributed by atoms with E-state index < -0.39 is 5.97 Å². The molecular weight excluding hydrogens is 316 g/mol. The maximum absolute atomic E-state index is 11.2. The van der Waals surface area contributed by atoms with Gasteiger partial charge in [0.05, 0.1) is 20.4 Å². The van der Waals surface area contributed by atoms with Crippen LogP contribution in [0.4, 0.5) is 5.95 Å². The highest BCUT2D eigenvalue weighted by molar-refractivity contribution is 5.83. The third-order valence-electron chi connectivity index (χ3n) is 2.97. The number of esters is 1. The number of benzene rings is 1. The first-order chi connectivity index (χ1) is 11.5. The molecule has 0 atom stereocenters. The summed E-state index contributed by atoms with van der Waals surface area (Å²) < 4.78 is 16.8. The summed E-state index contributed by atoms with van der Waals surface area (Å²) in [5.41, 5.74) is 3.32. The average molecular weight is 334 g/mol. The summed E-state index contributed by atoms with van der Waals surface area (Å²) in [6.45, 7) is 3.01. The van der Waals surface area contributed by atoms with E-state index in [0.717, 1.165) is 0 Å². The maximum Gasteiger partial charge on any atom is 0.308 e. The van der Waals surface area contributed by atoms with Crippen LogP contribution in [0.5, 0.6) is 17.2 Å². The largest absolute Gasteiger partial charge is 0.493 e. The van der Waals surface area contributed by atoms with E-state index in [9.17, 15) is 4.79 Å². The van der Waals surface area contributed by atoms with E-state index >= 15 is 0 Å². The number of hydrogen-bond donors (Lipinski definition) is 2. The Balaban J connectivity index is 2.25. The molecule has 2 aromatic rings. The van der Waals surface area contributed by atoms with Crippen molar-refractivity contribution < 1.29 is 19.0 Å². The minimum Gasteiger partial charge on any atom is -0.493 e. The molecular formula is C14H18N6O4. The lowest BCUT2D eigenvalue weighted by atomic mass is 10.2. The second-order valence-corrected chi connectivity index (χ2v) is 4.66. The zero-order chi connectivity index (χ0) is 17.7. The Morgan fingerprint density at radius 3 is 2.38 bits per heavy atom. The van der Waals surface area contributed by atoms with Crippen LogP contribution in [0.1, 0.15) is 18.3 Å². The van der Waals surface area contributed by atoms with Gasteiger partial charge in [-0.3, -0.25) is 4.79 Å². The van der Waals surface area contributed by atoms with Crippen molar-refractivity contribution in [3.05, 3.63) is 23.5 Å². The van der Waals surface area contributed by atoms with Crippen molar-refractivity contribution in [3.63, 3.8) is 0 Å². The van der Waals surface area contributed by atoms with Gasteiger partial charge in [0.25, 0.3) is 5.95 Å². The molecule has 2 rings (SSSR count). The molecule has 0 aliphatic heterocycles. The van der Waals surface area contributed by atoms with Crippen molar-refractivity contribution in [3.8, 4) is 17.2 Å². The topological polar surface area (TPSA) is 126 Å². The summed E-state index contributed by atoms with van der Waals surface area (Å²) in [7, 11) is 2.92. The number of nitrogens with two attached hydrogens (primary N) is 1. The van der Waals surface area contributed by atoms with Gasteiger partial charge in [-0.2, -0.15) is 5.10 Å². The van der Waals surface area contributed by atoms with Gasteiger partial charge in [0.2, 0.25) is 5.75 Å². The molecule has 0 unspecified atom stereocenters. The monoisotopic (exact) mass is 334 g/mol. The highest BCUT2D eigenvalue weighted by Crippen LogP contribution is 2.38. The van der Waals surface area contributed by atoms with E-state index in [1.54, 1.807) is 19.1 Å². The highest BCUT2D eigenvalue weighted by Gasteiger charge is 2.15. The van der Waals surface area contributed by atoms with Gasteiger partial charge in [-0.15, -0.1) is 10.2 Å². The average Bonchev–Trinajstić information content (AvgIpc) is 2.87. The molecule has 24 heavy (non-hydrogen) atoms. The normalized spacial score (nSPS) is 10.7. The molecule has 0 spiro atoms. The molecule has 0 saturated heterocycles. The number of anilines is 1. The minimum atomic E-state index is -0.479. The molecule has 0 fully saturated rings. The van der Waals surface area contributed by atoms with Crippen LogP contribution in [0.2, 0.25) is 0 Å². The minimum absolute atomic E-state index is 0.204. The van der Waals surface area contributed by atoms with Crippen LogP contribution >= 0.6 is 0 Å². The van der Waals surface area contributed by atoms with Gasteiger partial charge < -0.3 is 20.1 Å². The van der Waals surface area contributed by atoms with Gasteiger partial charge in [-0.25, -0.2) is 10.1 Å². The van der Waals surface area contributed by atoms with E-state index in [2.05, 4.69) is 20.7 Å². The van der Waals surface area contributed by atoms with Crippen molar-refractivity contribution in [2.24, 2.45) is 5.10 Å². The van der Waals surface area contributed by atoms with Gasteiger partial charge in [-0.05, 0) is 19.1 Å². The Morgan fingerprint density at radius 2 is 1.92 bits per heavy atom. The summed E-state index contributed by atoms with van der Waals surface area (Å²) in [6.07, 6.45) is 1.51. The fourth-order valence-corrected chi connectivity index (χ4v) is 1.83. The number of aryl methyl sites for hydroxylation is 1. The SMILES string of the molecule is COc1cc(/C=N/Nc2nnc(C)n2N)cc(OC)c1OC(C)=O. The molecule has 0 saturated carbocycles. The first kappa shape index (κ1) is 17.1. The summed E-state index contributed by atoms with van der Waals surface area (Å²) in [5.74, 6) is 6.94. The number of aromatic nitrogens is 3. The molecule has 0 radical (unpaired) electrons. The molecule has 0 bridgehead atoms. The molecule has 0 aliphatic carbocycles. The summed E-state index contributed by atoms with van der Waals surface area (Å²) in [5, 5.41) is 11.6. The molecule has 10 heteroatoms. The molecule has 0 aliphatic rings. The lowest BCUT2D eigenvalue weighted by Gasteiger charge is -2.13. The van der Waals surface area contributed by atoms with Gasteiger partial charge in [-0.1, -0.05) is 0 Å². The fraction of sp³-hybridized carbons (Fsp3) is 0.286. The Morgan fingerprint density at radius 1 is 1.29 bits per heavy atom. The number of rotatable bonds is 6. The van der Waals surface area contributed by atoms with E-state index in [4.69, 9.17) is 20.1 Å². The number of nitrogen functional groups attached to an aromatic ring is 1. The number of methoxy groups -OCH3 is 2. The van der Waals surface area contributed by atoms with Crippen LogP contribution in [0, 0.1) is 6.92 Å². The quantitative estimate of drug-likeness (QED) is 0.260. The Labute approximate surface area is 138 Å². The molecule has 0 amide bonds. The molecule has 1 aromatic heterocycles. The van der Waals surface area contributed by atoms with Crippen LogP contribution in [-0.4, -0.2) is 41.3 Å². The molecule has 3 N–H and O–H groups in total. The zero-order valence-corrected chi connectivity index (χ0v) is 13.7. The standard InChI is InChI=1S/C14H18N6O4/c1-8-17-19-14(20(8)15)18-16-7-10-5-11(22-3)13(24-9(2)21)12(6-10)23-4/h5-7H,15H2,1-4H3,(H,18,19)/b16-7+. The van der Waals surface area contributed by atoms with Gasteiger partial charge >= 0.3 is 5.97 Å². The number of carbonyl (C=O) groups excluding carboxylic acids is 1. The van der Waals surface area contributed by atoms with Crippen molar-refractivity contribution in [2.75, 3.05) is 25.5 Å². The Hall–Kier alpha value is -3.30. The predicted octanol–water partition coefficient (Wildman–Crippen LogP) is 0.689. The Kier molecular flexibility index (Phi) is 5.20. The lowest BCUT2D eigenvalue weighted by molar-refractivity contribution is -0.132. The number of carbonyl (C=O) groups is 1. The van der Waals surface area contributed by atoms with Gasteiger partial charge in [0.1, 0.15) is 0 Å². The number of ether oxygens (including phenoxy) is 3. The number of hydrazone groups is 1. The van der Waals surface area contributed by atoms with Crippen LogP contribution in [0.3, 0.4) is 0 Å². The van der Waals surface area contributed by atoms with Crippen molar-refractivity contribution in [2.45, 2.75) is 13.8 Å². The number of nitrogens with one attached hydrogen (secondary N) is 1. The third-order valence-corrected chi connectivity index (χ3v) is 2.97. The van der Waals surface area contributed by atoms with Crippen molar-refractivity contribution >= 4 is 18.1 Å².